The van der Waals surface area contributed by atoms with E-state index in [9.17, 15) is 4.79 Å². The van der Waals surface area contributed by atoms with Crippen LogP contribution in [0.3, 0.4) is 0 Å². The van der Waals surface area contributed by atoms with Crippen molar-refractivity contribution in [2.24, 2.45) is 5.10 Å². The molecule has 1 heterocycles. The van der Waals surface area contributed by atoms with Gasteiger partial charge in [0.15, 0.2) is 18.1 Å². The van der Waals surface area contributed by atoms with Crippen LogP contribution in [0.25, 0.3) is 10.9 Å². The van der Waals surface area contributed by atoms with Crippen LogP contribution in [0.2, 0.25) is 0 Å². The van der Waals surface area contributed by atoms with Crippen LogP contribution in [0.15, 0.2) is 47.6 Å². The highest BCUT2D eigenvalue weighted by Gasteiger charge is 2.17. The minimum Gasteiger partial charge on any atom is -0.493 e. The number of aryl methyl sites for hydroxylation is 1. The zero-order valence-corrected chi connectivity index (χ0v) is 20.7. The number of fused-ring (bicyclic) bond motifs is 1. The van der Waals surface area contributed by atoms with Gasteiger partial charge in [0.1, 0.15) is 11.9 Å². The molecule has 0 aliphatic carbocycles. The first-order chi connectivity index (χ1) is 14.4. The summed E-state index contributed by atoms with van der Waals surface area (Å²) in [6.07, 6.45) is 2.07. The van der Waals surface area contributed by atoms with Crippen LogP contribution in [-0.4, -0.2) is 29.6 Å². The van der Waals surface area contributed by atoms with Crippen LogP contribution in [-0.2, 0) is 6.42 Å². The van der Waals surface area contributed by atoms with Crippen molar-refractivity contribution in [3.05, 3.63) is 59.4 Å². The SMILES string of the molecule is CCc1nc2ccc(Br)cc2c(=O)n1N=Cc1cc(OC)c(OCC#N)c(Br)c1Br. The van der Waals surface area contributed by atoms with Gasteiger partial charge < -0.3 is 9.47 Å². The molecule has 0 spiro atoms. The van der Waals surface area contributed by atoms with Crippen molar-refractivity contribution in [1.29, 1.82) is 5.26 Å². The van der Waals surface area contributed by atoms with E-state index in [1.807, 2.05) is 19.1 Å². The number of rotatable bonds is 6. The number of methoxy groups -OCH3 is 1. The summed E-state index contributed by atoms with van der Waals surface area (Å²) in [6.45, 7) is 1.79. The van der Waals surface area contributed by atoms with Gasteiger partial charge in [-0.25, -0.2) is 4.98 Å². The molecule has 0 bridgehead atoms. The van der Waals surface area contributed by atoms with Gasteiger partial charge in [0.05, 0.1) is 28.7 Å². The number of nitriles is 1. The third kappa shape index (κ3) is 4.43. The molecule has 7 nitrogen and oxygen atoms in total. The molecule has 0 atom stereocenters. The lowest BCUT2D eigenvalue weighted by Gasteiger charge is -2.14. The molecule has 2 aromatic carbocycles. The van der Waals surface area contributed by atoms with E-state index < -0.39 is 0 Å². The van der Waals surface area contributed by atoms with Crippen LogP contribution >= 0.6 is 47.8 Å². The van der Waals surface area contributed by atoms with E-state index in [4.69, 9.17) is 14.7 Å². The van der Waals surface area contributed by atoms with Crippen molar-refractivity contribution in [2.75, 3.05) is 13.7 Å². The molecule has 3 aromatic rings. The highest BCUT2D eigenvalue weighted by molar-refractivity contribution is 9.13. The maximum absolute atomic E-state index is 13.0. The fraction of sp³-hybridized carbons (Fsp3) is 0.200. The molecule has 10 heteroatoms. The van der Waals surface area contributed by atoms with E-state index in [0.717, 1.165) is 4.47 Å². The van der Waals surface area contributed by atoms with Crippen molar-refractivity contribution in [3.63, 3.8) is 0 Å². The Morgan fingerprint density at radius 2 is 2.03 bits per heavy atom. The third-order valence-corrected chi connectivity index (χ3v) is 6.80. The molecule has 0 aliphatic heterocycles. The van der Waals surface area contributed by atoms with Crippen molar-refractivity contribution in [1.82, 2.24) is 9.66 Å². The molecule has 154 valence electrons. The topological polar surface area (TPSA) is 89.5 Å². The quantitative estimate of drug-likeness (QED) is 0.371. The lowest BCUT2D eigenvalue weighted by Crippen LogP contribution is -2.22. The largest absolute Gasteiger partial charge is 0.493 e. The summed E-state index contributed by atoms with van der Waals surface area (Å²) in [6, 6.07) is 9.00. The molecular weight excluding hydrogens is 584 g/mol. The Balaban J connectivity index is 2.13. The first-order valence-electron chi connectivity index (χ1n) is 8.72. The van der Waals surface area contributed by atoms with Gasteiger partial charge >= 0.3 is 0 Å². The average molecular weight is 599 g/mol. The van der Waals surface area contributed by atoms with Crippen molar-refractivity contribution in [2.45, 2.75) is 13.3 Å². The van der Waals surface area contributed by atoms with Crippen molar-refractivity contribution < 1.29 is 9.47 Å². The number of nitrogens with zero attached hydrogens (tertiary/aromatic N) is 4. The van der Waals surface area contributed by atoms with Crippen LogP contribution in [0.5, 0.6) is 11.5 Å². The Hall–Kier alpha value is -2.22. The first kappa shape index (κ1) is 22.5. The lowest BCUT2D eigenvalue weighted by molar-refractivity contribution is 0.327. The zero-order valence-electron chi connectivity index (χ0n) is 15.9. The molecule has 0 unspecified atom stereocenters. The highest BCUT2D eigenvalue weighted by atomic mass is 79.9. The molecular formula is C20H15Br3N4O3. The second-order valence-electron chi connectivity index (χ2n) is 5.98. The molecule has 0 radical (unpaired) electrons. The Labute approximate surface area is 197 Å². The summed E-state index contributed by atoms with van der Waals surface area (Å²) in [5.41, 5.74) is 1.01. The van der Waals surface area contributed by atoms with Crippen LogP contribution in [0.4, 0.5) is 0 Å². The second-order valence-corrected chi connectivity index (χ2v) is 8.48. The maximum atomic E-state index is 13.0. The summed E-state index contributed by atoms with van der Waals surface area (Å²) in [5.74, 6) is 1.36. The van der Waals surface area contributed by atoms with Gasteiger partial charge in [0.2, 0.25) is 0 Å². The van der Waals surface area contributed by atoms with E-state index in [1.54, 1.807) is 18.2 Å². The fourth-order valence-corrected chi connectivity index (χ4v) is 4.05. The molecule has 0 fully saturated rings. The van der Waals surface area contributed by atoms with Gasteiger partial charge in [-0.05, 0) is 56.1 Å². The Kier molecular flexibility index (Phi) is 7.28. The van der Waals surface area contributed by atoms with E-state index in [1.165, 1.54) is 18.0 Å². The summed E-state index contributed by atoms with van der Waals surface area (Å²) in [5, 5.41) is 13.6. The Morgan fingerprint density at radius 1 is 1.27 bits per heavy atom. The lowest BCUT2D eigenvalue weighted by atomic mass is 10.2. The summed E-state index contributed by atoms with van der Waals surface area (Å²) < 4.78 is 14.1. The number of ether oxygens (including phenoxy) is 2. The van der Waals surface area contributed by atoms with E-state index in [2.05, 4.69) is 57.9 Å². The van der Waals surface area contributed by atoms with Gasteiger partial charge in [-0.1, -0.05) is 22.9 Å². The number of aromatic nitrogens is 2. The average Bonchev–Trinajstić information content (AvgIpc) is 2.75. The number of hydrogen-bond acceptors (Lipinski definition) is 6. The standard InChI is InChI=1S/C20H15Br3N4O3/c1-3-16-26-14-5-4-12(21)9-13(14)20(28)27(16)25-10-11-8-15(29-2)19(30-7-6-24)18(23)17(11)22/h4-5,8-10H,3,7H2,1-2H3. The van der Waals surface area contributed by atoms with E-state index in [0.29, 0.717) is 49.2 Å². The minimum absolute atomic E-state index is 0.123. The normalized spacial score (nSPS) is 11.1. The van der Waals surface area contributed by atoms with Crippen molar-refractivity contribution in [3.8, 4) is 17.6 Å². The van der Waals surface area contributed by atoms with Crippen LogP contribution in [0.1, 0.15) is 18.3 Å². The van der Waals surface area contributed by atoms with Gasteiger partial charge in [0, 0.05) is 20.9 Å². The molecule has 0 saturated carbocycles. The highest BCUT2D eigenvalue weighted by Crippen LogP contribution is 2.42. The van der Waals surface area contributed by atoms with E-state index in [-0.39, 0.29) is 12.2 Å². The monoisotopic (exact) mass is 596 g/mol. The maximum Gasteiger partial charge on any atom is 0.282 e. The first-order valence-corrected chi connectivity index (χ1v) is 11.1. The Bertz CT molecular complexity index is 1250. The molecule has 0 amide bonds. The van der Waals surface area contributed by atoms with Gasteiger partial charge in [-0.15, -0.1) is 0 Å². The summed E-state index contributed by atoms with van der Waals surface area (Å²) in [4.78, 5) is 17.6. The molecule has 3 rings (SSSR count). The zero-order chi connectivity index (χ0) is 21.8. The predicted octanol–water partition coefficient (Wildman–Crippen LogP) is 5.04. The minimum atomic E-state index is -0.259. The molecule has 1 aromatic heterocycles. The predicted molar refractivity (Wildman–Crippen MR) is 126 cm³/mol. The number of halogens is 3. The smallest absolute Gasteiger partial charge is 0.282 e. The Morgan fingerprint density at radius 3 is 2.70 bits per heavy atom. The van der Waals surface area contributed by atoms with Gasteiger partial charge in [-0.3, -0.25) is 4.79 Å². The van der Waals surface area contributed by atoms with Crippen LogP contribution < -0.4 is 15.0 Å². The fourth-order valence-electron chi connectivity index (χ4n) is 2.75. The van der Waals surface area contributed by atoms with Crippen molar-refractivity contribution >= 4 is 64.9 Å². The summed E-state index contributed by atoms with van der Waals surface area (Å²) in [7, 11) is 1.50. The molecule has 30 heavy (non-hydrogen) atoms. The molecule has 0 saturated heterocycles. The molecule has 0 N–H and O–H groups in total. The molecule has 0 aliphatic rings. The summed E-state index contributed by atoms with van der Waals surface area (Å²) >= 11 is 10.3. The van der Waals surface area contributed by atoms with Gasteiger partial charge in [0.25, 0.3) is 5.56 Å². The number of benzene rings is 2. The van der Waals surface area contributed by atoms with E-state index >= 15 is 0 Å². The third-order valence-electron chi connectivity index (χ3n) is 4.16. The van der Waals surface area contributed by atoms with Gasteiger partial charge in [-0.2, -0.15) is 15.0 Å². The second kappa shape index (κ2) is 9.73. The van der Waals surface area contributed by atoms with Crippen LogP contribution in [0, 0.1) is 11.3 Å². The number of hydrogen-bond donors (Lipinski definition) is 0.